The minimum atomic E-state index is -0.240. The van der Waals surface area contributed by atoms with E-state index < -0.39 is 0 Å². The number of carbonyl (C=O) groups is 1. The molecule has 1 aliphatic rings. The highest BCUT2D eigenvalue weighted by Gasteiger charge is 2.26. The Morgan fingerprint density at radius 1 is 1.33 bits per heavy atom. The normalized spacial score (nSPS) is 16.7. The number of hydrogen-bond donors (Lipinski definition) is 1. The Kier molecular flexibility index (Phi) is 4.10. The number of thioether (sulfide) groups is 1. The fourth-order valence-electron chi connectivity index (χ4n) is 3.35. The highest BCUT2D eigenvalue weighted by molar-refractivity contribution is 8.00. The van der Waals surface area contributed by atoms with Gasteiger partial charge in [-0.15, -0.1) is 5.10 Å². The Hall–Kier alpha value is -2.15. The van der Waals surface area contributed by atoms with Gasteiger partial charge in [-0.2, -0.15) is 0 Å². The first-order valence-electron chi connectivity index (χ1n) is 8.29. The van der Waals surface area contributed by atoms with E-state index in [-0.39, 0.29) is 11.0 Å². The largest absolute Gasteiger partial charge is 0.360 e. The van der Waals surface area contributed by atoms with Gasteiger partial charge in [-0.05, 0) is 36.3 Å². The Labute approximate surface area is 144 Å². The molecule has 2 heterocycles. The van der Waals surface area contributed by atoms with E-state index in [1.807, 2.05) is 35.9 Å². The third kappa shape index (κ3) is 2.73. The van der Waals surface area contributed by atoms with Crippen molar-refractivity contribution in [3.8, 4) is 0 Å². The van der Waals surface area contributed by atoms with Crippen molar-refractivity contribution in [1.82, 2.24) is 25.2 Å². The van der Waals surface area contributed by atoms with E-state index >= 15 is 0 Å². The average Bonchev–Trinajstić information content (AvgIpc) is 3.33. The summed E-state index contributed by atoms with van der Waals surface area (Å²) in [4.78, 5) is 16.0. The lowest BCUT2D eigenvalue weighted by Gasteiger charge is -2.13. The van der Waals surface area contributed by atoms with Gasteiger partial charge in [0.05, 0.1) is 11.3 Å². The lowest BCUT2D eigenvalue weighted by Crippen LogP contribution is -2.16. The van der Waals surface area contributed by atoms with E-state index in [9.17, 15) is 4.79 Å². The van der Waals surface area contributed by atoms with Crippen molar-refractivity contribution in [2.45, 2.75) is 49.1 Å². The first-order valence-corrected chi connectivity index (χ1v) is 9.17. The number of hydrogen-bond acceptors (Lipinski definition) is 5. The molecule has 24 heavy (non-hydrogen) atoms. The Morgan fingerprint density at radius 2 is 2.12 bits per heavy atom. The fourth-order valence-corrected chi connectivity index (χ4v) is 4.27. The Morgan fingerprint density at radius 3 is 2.96 bits per heavy atom. The molecular weight excluding hydrogens is 322 g/mol. The summed E-state index contributed by atoms with van der Waals surface area (Å²) >= 11 is 1.44. The SMILES string of the molecule is CC(Sc1nnnn1C1CCCC1)C(=O)c1c[nH]c2ccccc12. The molecule has 1 N–H and O–H groups in total. The van der Waals surface area contributed by atoms with Gasteiger partial charge in [0.2, 0.25) is 5.16 Å². The van der Waals surface area contributed by atoms with Gasteiger partial charge < -0.3 is 4.98 Å². The summed E-state index contributed by atoms with van der Waals surface area (Å²) in [5.74, 6) is 0.0958. The number of aromatic amines is 1. The maximum absolute atomic E-state index is 12.9. The first kappa shape index (κ1) is 15.4. The van der Waals surface area contributed by atoms with Gasteiger partial charge in [-0.1, -0.05) is 42.8 Å². The number of tetrazole rings is 1. The van der Waals surface area contributed by atoms with Crippen LogP contribution < -0.4 is 0 Å². The number of nitrogens with zero attached hydrogens (tertiary/aromatic N) is 4. The van der Waals surface area contributed by atoms with Gasteiger partial charge in [-0.3, -0.25) is 4.79 Å². The molecule has 2 aromatic heterocycles. The van der Waals surface area contributed by atoms with Gasteiger partial charge in [0.1, 0.15) is 0 Å². The summed E-state index contributed by atoms with van der Waals surface area (Å²) in [6, 6.07) is 8.23. The van der Waals surface area contributed by atoms with E-state index in [1.54, 1.807) is 6.20 Å². The van der Waals surface area contributed by atoms with Crippen LogP contribution in [0.15, 0.2) is 35.6 Å². The van der Waals surface area contributed by atoms with Crippen LogP contribution in [0.2, 0.25) is 0 Å². The topological polar surface area (TPSA) is 76.5 Å². The molecule has 1 unspecified atom stereocenters. The molecule has 0 radical (unpaired) electrons. The molecule has 1 fully saturated rings. The van der Waals surface area contributed by atoms with Gasteiger partial charge in [0.15, 0.2) is 5.78 Å². The molecule has 1 aromatic carbocycles. The molecule has 1 atom stereocenters. The maximum atomic E-state index is 12.9. The molecule has 4 rings (SSSR count). The smallest absolute Gasteiger partial charge is 0.210 e. The van der Waals surface area contributed by atoms with E-state index in [0.717, 1.165) is 34.5 Å². The van der Waals surface area contributed by atoms with Crippen LogP contribution in [0.4, 0.5) is 0 Å². The van der Waals surface area contributed by atoms with Crippen LogP contribution in [0.5, 0.6) is 0 Å². The van der Waals surface area contributed by atoms with E-state index in [2.05, 4.69) is 20.5 Å². The van der Waals surface area contributed by atoms with Crippen molar-refractivity contribution in [3.63, 3.8) is 0 Å². The predicted octanol–water partition coefficient (Wildman–Crippen LogP) is 3.63. The van der Waals surface area contributed by atoms with Crippen molar-refractivity contribution in [2.75, 3.05) is 0 Å². The molecule has 0 aliphatic heterocycles. The second-order valence-electron chi connectivity index (χ2n) is 6.22. The second-order valence-corrected chi connectivity index (χ2v) is 7.52. The predicted molar refractivity (Wildman–Crippen MR) is 93.3 cm³/mol. The monoisotopic (exact) mass is 341 g/mol. The first-order chi connectivity index (χ1) is 11.7. The van der Waals surface area contributed by atoms with E-state index in [1.165, 1.54) is 24.6 Å². The van der Waals surface area contributed by atoms with Crippen LogP contribution in [0.1, 0.15) is 49.0 Å². The number of nitrogens with one attached hydrogen (secondary N) is 1. The van der Waals surface area contributed by atoms with Crippen molar-refractivity contribution in [1.29, 1.82) is 0 Å². The number of para-hydroxylation sites is 1. The molecule has 124 valence electrons. The molecule has 7 heteroatoms. The number of ketones is 1. The number of fused-ring (bicyclic) bond motifs is 1. The molecule has 0 saturated heterocycles. The third-order valence-corrected chi connectivity index (χ3v) is 5.69. The van der Waals surface area contributed by atoms with Gasteiger partial charge in [0, 0.05) is 22.7 Å². The van der Waals surface area contributed by atoms with Crippen molar-refractivity contribution in [2.24, 2.45) is 0 Å². The van der Waals surface area contributed by atoms with E-state index in [4.69, 9.17) is 0 Å². The van der Waals surface area contributed by atoms with Crippen molar-refractivity contribution >= 4 is 28.4 Å². The van der Waals surface area contributed by atoms with Crippen LogP contribution in [-0.4, -0.2) is 36.2 Å². The van der Waals surface area contributed by atoms with Crippen molar-refractivity contribution < 1.29 is 4.79 Å². The zero-order chi connectivity index (χ0) is 16.5. The quantitative estimate of drug-likeness (QED) is 0.566. The summed E-state index contributed by atoms with van der Waals surface area (Å²) in [5.41, 5.74) is 1.71. The molecule has 1 saturated carbocycles. The summed E-state index contributed by atoms with van der Waals surface area (Å²) in [6.07, 6.45) is 6.47. The van der Waals surface area contributed by atoms with Crippen LogP contribution in [-0.2, 0) is 0 Å². The molecule has 0 spiro atoms. The fraction of sp³-hybridized carbons (Fsp3) is 0.412. The minimum Gasteiger partial charge on any atom is -0.360 e. The molecule has 6 nitrogen and oxygen atoms in total. The molecule has 1 aliphatic carbocycles. The summed E-state index contributed by atoms with van der Waals surface area (Å²) in [5, 5.41) is 13.5. The van der Waals surface area contributed by atoms with Crippen LogP contribution in [0, 0.1) is 0 Å². The molecule has 0 amide bonds. The standard InChI is InChI=1S/C17H19N5OS/c1-11(16(23)14-10-18-15-9-5-4-8-13(14)15)24-17-19-20-21-22(17)12-6-2-3-7-12/h4-5,8-12,18H,2-3,6-7H2,1H3. The van der Waals surface area contributed by atoms with Gasteiger partial charge in [0.25, 0.3) is 0 Å². The van der Waals surface area contributed by atoms with E-state index in [0.29, 0.717) is 6.04 Å². The molecule has 0 bridgehead atoms. The molecular formula is C17H19N5OS. The summed E-state index contributed by atoms with van der Waals surface area (Å²) < 4.78 is 1.90. The Balaban J connectivity index is 1.55. The van der Waals surface area contributed by atoms with Gasteiger partial charge in [-0.25, -0.2) is 4.68 Å². The zero-order valence-electron chi connectivity index (χ0n) is 13.5. The number of carbonyl (C=O) groups excluding carboxylic acids is 1. The number of aromatic nitrogens is 5. The van der Waals surface area contributed by atoms with Crippen LogP contribution in [0.25, 0.3) is 10.9 Å². The summed E-state index contributed by atoms with van der Waals surface area (Å²) in [6.45, 7) is 1.92. The highest BCUT2D eigenvalue weighted by atomic mass is 32.2. The Bertz CT molecular complexity index is 865. The summed E-state index contributed by atoms with van der Waals surface area (Å²) in [7, 11) is 0. The van der Waals surface area contributed by atoms with Crippen LogP contribution >= 0.6 is 11.8 Å². The number of H-pyrrole nitrogens is 1. The lowest BCUT2D eigenvalue weighted by molar-refractivity contribution is 0.0995. The van der Waals surface area contributed by atoms with Gasteiger partial charge >= 0.3 is 0 Å². The zero-order valence-corrected chi connectivity index (χ0v) is 14.3. The average molecular weight is 341 g/mol. The third-order valence-electron chi connectivity index (χ3n) is 4.64. The van der Waals surface area contributed by atoms with Crippen molar-refractivity contribution in [3.05, 3.63) is 36.0 Å². The lowest BCUT2D eigenvalue weighted by atomic mass is 10.1. The number of benzene rings is 1. The number of rotatable bonds is 5. The maximum Gasteiger partial charge on any atom is 0.210 e. The highest BCUT2D eigenvalue weighted by Crippen LogP contribution is 2.33. The van der Waals surface area contributed by atoms with Crippen LogP contribution in [0.3, 0.4) is 0 Å². The second kappa shape index (κ2) is 6.39. The molecule has 3 aromatic rings. The number of Topliss-reactive ketones (excluding diaryl/α,β-unsaturated/α-hetero) is 1. The minimum absolute atomic E-state index is 0.0958.